The van der Waals surface area contributed by atoms with Crippen molar-refractivity contribution in [1.29, 1.82) is 0 Å². The Balaban J connectivity index is 2.69. The third-order valence-electron chi connectivity index (χ3n) is 1.72. The zero-order chi connectivity index (χ0) is 12.9. The van der Waals surface area contributed by atoms with Crippen molar-refractivity contribution in [3.05, 3.63) is 35.4 Å². The van der Waals surface area contributed by atoms with E-state index in [1.54, 1.807) is 6.07 Å². The van der Waals surface area contributed by atoms with E-state index < -0.39 is 16.5 Å². The minimum Gasteiger partial charge on any atom is -0.257 e. The third-order valence-corrected chi connectivity index (χ3v) is 2.26. The van der Waals surface area contributed by atoms with E-state index in [4.69, 9.17) is 0 Å². The van der Waals surface area contributed by atoms with Gasteiger partial charge in [0, 0.05) is 11.1 Å². The van der Waals surface area contributed by atoms with Gasteiger partial charge in [0.1, 0.15) is 6.61 Å². The van der Waals surface area contributed by atoms with Gasteiger partial charge in [-0.15, -0.1) is 0 Å². The Labute approximate surface area is 98.5 Å². The Bertz CT molecular complexity index is 541. The van der Waals surface area contributed by atoms with Crippen molar-refractivity contribution in [2.75, 3.05) is 12.9 Å². The molecule has 0 radical (unpaired) electrons. The summed E-state index contributed by atoms with van der Waals surface area (Å²) < 4.78 is 50.3. The Hall–Kier alpha value is -1.45. The molecule has 0 aromatic heterocycles. The summed E-state index contributed by atoms with van der Waals surface area (Å²) in [5, 5.41) is 0. The second kappa shape index (κ2) is 5.75. The van der Waals surface area contributed by atoms with Gasteiger partial charge in [0.05, 0.1) is 6.26 Å². The minimum absolute atomic E-state index is 0.124. The number of halogens is 2. The molecule has 6 heteroatoms. The highest BCUT2D eigenvalue weighted by atomic mass is 32.2. The summed E-state index contributed by atoms with van der Waals surface area (Å²) in [5.41, 5.74) is 0.265. The zero-order valence-electron chi connectivity index (χ0n) is 8.98. The standard InChI is InChI=1S/C11H10F2O3S/c1-17(14,15)16-7-3-5-9-4-2-6-10(8-9)11(12)13/h2,4,6,8,11H,7H2,1H3. The highest BCUT2D eigenvalue weighted by Crippen LogP contribution is 2.18. The van der Waals surface area contributed by atoms with Crippen LogP contribution in [0.4, 0.5) is 8.78 Å². The largest absolute Gasteiger partial charge is 0.265 e. The molecule has 0 amide bonds. The Morgan fingerprint density at radius 2 is 2.12 bits per heavy atom. The number of rotatable bonds is 3. The maximum absolute atomic E-state index is 12.3. The fourth-order valence-corrected chi connectivity index (χ4v) is 1.30. The van der Waals surface area contributed by atoms with Crippen molar-refractivity contribution < 1.29 is 21.4 Å². The van der Waals surface area contributed by atoms with E-state index in [1.807, 2.05) is 0 Å². The molecule has 3 nitrogen and oxygen atoms in total. The quantitative estimate of drug-likeness (QED) is 0.616. The van der Waals surface area contributed by atoms with E-state index in [0.29, 0.717) is 5.56 Å². The average molecular weight is 260 g/mol. The molecule has 0 aliphatic heterocycles. The van der Waals surface area contributed by atoms with Crippen molar-refractivity contribution in [3.8, 4) is 11.8 Å². The van der Waals surface area contributed by atoms with Gasteiger partial charge in [-0.2, -0.15) is 8.42 Å². The van der Waals surface area contributed by atoms with E-state index in [9.17, 15) is 17.2 Å². The lowest BCUT2D eigenvalue weighted by molar-refractivity contribution is 0.151. The molecule has 1 aromatic rings. The van der Waals surface area contributed by atoms with Gasteiger partial charge in [0.25, 0.3) is 16.5 Å². The number of benzene rings is 1. The van der Waals surface area contributed by atoms with Crippen molar-refractivity contribution in [1.82, 2.24) is 0 Å². The van der Waals surface area contributed by atoms with Gasteiger partial charge in [-0.25, -0.2) is 8.78 Å². The first-order valence-corrected chi connectivity index (χ1v) is 6.41. The van der Waals surface area contributed by atoms with Crippen molar-refractivity contribution in [2.45, 2.75) is 6.43 Å². The van der Waals surface area contributed by atoms with Gasteiger partial charge in [-0.1, -0.05) is 24.0 Å². The molecule has 0 heterocycles. The van der Waals surface area contributed by atoms with Gasteiger partial charge >= 0.3 is 0 Å². The molecule has 0 bridgehead atoms. The van der Waals surface area contributed by atoms with E-state index in [-0.39, 0.29) is 12.2 Å². The number of alkyl halides is 2. The van der Waals surface area contributed by atoms with Crippen LogP contribution in [-0.4, -0.2) is 21.3 Å². The van der Waals surface area contributed by atoms with Gasteiger partial charge in [-0.05, 0) is 12.1 Å². The Kier molecular flexibility index (Phi) is 4.61. The molecule has 1 rings (SSSR count). The molecular formula is C11H10F2O3S. The maximum Gasteiger partial charge on any atom is 0.265 e. The van der Waals surface area contributed by atoms with E-state index in [0.717, 1.165) is 6.26 Å². The van der Waals surface area contributed by atoms with E-state index in [1.165, 1.54) is 18.2 Å². The fraction of sp³-hybridized carbons (Fsp3) is 0.273. The molecule has 92 valence electrons. The molecule has 0 unspecified atom stereocenters. The first kappa shape index (κ1) is 13.6. The molecule has 0 saturated carbocycles. The molecule has 17 heavy (non-hydrogen) atoms. The predicted molar refractivity (Wildman–Crippen MR) is 59.1 cm³/mol. The van der Waals surface area contributed by atoms with Crippen LogP contribution >= 0.6 is 0 Å². The predicted octanol–water partition coefficient (Wildman–Crippen LogP) is 1.95. The molecule has 0 fully saturated rings. The summed E-state index contributed by atoms with van der Waals surface area (Å²) in [7, 11) is -3.52. The second-order valence-electron chi connectivity index (χ2n) is 3.19. The van der Waals surface area contributed by atoms with Crippen LogP contribution in [-0.2, 0) is 14.3 Å². The zero-order valence-corrected chi connectivity index (χ0v) is 9.80. The molecule has 0 atom stereocenters. The third kappa shape index (κ3) is 5.43. The molecule has 0 aliphatic carbocycles. The Morgan fingerprint density at radius 1 is 1.41 bits per heavy atom. The monoisotopic (exact) mass is 260 g/mol. The van der Waals surface area contributed by atoms with Gasteiger partial charge in [0.2, 0.25) is 0 Å². The highest BCUT2D eigenvalue weighted by molar-refractivity contribution is 7.85. The highest BCUT2D eigenvalue weighted by Gasteiger charge is 2.05. The summed E-state index contributed by atoms with van der Waals surface area (Å²) >= 11 is 0. The van der Waals surface area contributed by atoms with Crippen LogP contribution in [0.5, 0.6) is 0 Å². The van der Waals surface area contributed by atoms with Gasteiger partial charge in [-0.3, -0.25) is 4.18 Å². The second-order valence-corrected chi connectivity index (χ2v) is 4.84. The minimum atomic E-state index is -3.52. The molecule has 0 N–H and O–H groups in total. The van der Waals surface area contributed by atoms with E-state index in [2.05, 4.69) is 16.0 Å². The summed E-state index contributed by atoms with van der Waals surface area (Å²) in [6.45, 7) is -0.294. The molecular weight excluding hydrogens is 250 g/mol. The maximum atomic E-state index is 12.3. The summed E-state index contributed by atoms with van der Waals surface area (Å²) in [4.78, 5) is 0. The molecule has 0 aliphatic rings. The van der Waals surface area contributed by atoms with E-state index >= 15 is 0 Å². The molecule has 1 aromatic carbocycles. The van der Waals surface area contributed by atoms with Crippen LogP contribution in [0.2, 0.25) is 0 Å². The Morgan fingerprint density at radius 3 is 2.71 bits per heavy atom. The smallest absolute Gasteiger partial charge is 0.257 e. The van der Waals surface area contributed by atoms with Crippen LogP contribution in [0.1, 0.15) is 17.6 Å². The van der Waals surface area contributed by atoms with Gasteiger partial charge < -0.3 is 0 Å². The van der Waals surface area contributed by atoms with Crippen LogP contribution in [0.3, 0.4) is 0 Å². The lowest BCUT2D eigenvalue weighted by Gasteiger charge is -1.98. The van der Waals surface area contributed by atoms with Crippen LogP contribution in [0.25, 0.3) is 0 Å². The first-order chi connectivity index (χ1) is 7.88. The number of hydrogen-bond donors (Lipinski definition) is 0. The molecule has 0 saturated heterocycles. The van der Waals surface area contributed by atoms with Crippen molar-refractivity contribution in [2.24, 2.45) is 0 Å². The average Bonchev–Trinajstić information content (AvgIpc) is 2.23. The topological polar surface area (TPSA) is 43.4 Å². The normalized spacial score (nSPS) is 11.1. The number of hydrogen-bond acceptors (Lipinski definition) is 3. The lowest BCUT2D eigenvalue weighted by atomic mass is 10.1. The lowest BCUT2D eigenvalue weighted by Crippen LogP contribution is -2.02. The molecule has 0 spiro atoms. The fourth-order valence-electron chi connectivity index (χ4n) is 1.03. The van der Waals surface area contributed by atoms with Crippen LogP contribution in [0, 0.1) is 11.8 Å². The summed E-state index contributed by atoms with van der Waals surface area (Å²) in [5.74, 6) is 4.97. The van der Waals surface area contributed by atoms with Crippen LogP contribution < -0.4 is 0 Å². The first-order valence-electron chi connectivity index (χ1n) is 4.60. The van der Waals surface area contributed by atoms with Gasteiger partial charge in [0.15, 0.2) is 0 Å². The SMILES string of the molecule is CS(=O)(=O)OCC#Cc1cccc(C(F)F)c1. The van der Waals surface area contributed by atoms with Crippen molar-refractivity contribution in [3.63, 3.8) is 0 Å². The van der Waals surface area contributed by atoms with Crippen LogP contribution in [0.15, 0.2) is 24.3 Å². The summed E-state index contributed by atoms with van der Waals surface area (Å²) in [6.07, 6.45) is -1.64. The van der Waals surface area contributed by atoms with Crippen molar-refractivity contribution >= 4 is 10.1 Å². The summed E-state index contributed by atoms with van der Waals surface area (Å²) in [6, 6.07) is 5.56.